The molecule has 1 atom stereocenters. The maximum absolute atomic E-state index is 13.1. The second kappa shape index (κ2) is 7.80. The van der Waals surface area contributed by atoms with Gasteiger partial charge in [0.05, 0.1) is 12.2 Å². The third kappa shape index (κ3) is 3.74. The van der Waals surface area contributed by atoms with E-state index in [4.69, 9.17) is 16.7 Å². The van der Waals surface area contributed by atoms with Gasteiger partial charge in [-0.25, -0.2) is 9.38 Å². The van der Waals surface area contributed by atoms with Crippen molar-refractivity contribution in [2.45, 2.75) is 12.6 Å². The van der Waals surface area contributed by atoms with Crippen LogP contribution in [0.15, 0.2) is 51.3 Å². The normalized spacial score (nSPS) is 18.6. The number of carboxylic acid groups (broad SMARTS) is 1. The number of allylic oxidation sites excluding steroid dienone is 1. The minimum absolute atomic E-state index is 0.126. The zero-order valence-electron chi connectivity index (χ0n) is 14.3. The number of aliphatic carboxylic acids is 1. The molecule has 0 spiro atoms. The van der Waals surface area contributed by atoms with E-state index in [0.29, 0.717) is 5.70 Å². The molecule has 0 radical (unpaired) electrons. The standard InChI is InChI=1S/C18H14ClFN4O4/c19-11-8-24(7-9-1-3-10(20)4-2-9)16-12(5-21)23-15(17(27)14(11)16)18(28)22-6-13(25)26/h1-4,17,27H,6-8H2,(H,22,28)(H,25,26). The van der Waals surface area contributed by atoms with Crippen LogP contribution in [0, 0.1) is 17.1 Å². The number of rotatable bonds is 5. The third-order valence-electron chi connectivity index (χ3n) is 4.21. The number of fused-ring (bicyclic) bond motifs is 1. The first-order valence-electron chi connectivity index (χ1n) is 8.11. The van der Waals surface area contributed by atoms with Gasteiger partial charge in [0.1, 0.15) is 30.2 Å². The summed E-state index contributed by atoms with van der Waals surface area (Å²) >= 11 is 6.28. The van der Waals surface area contributed by atoms with Crippen molar-refractivity contribution in [1.82, 2.24) is 10.2 Å². The molecular weight excluding hydrogens is 391 g/mol. The lowest BCUT2D eigenvalue weighted by Crippen LogP contribution is -2.43. The fraction of sp³-hybridized carbons (Fsp3) is 0.222. The van der Waals surface area contributed by atoms with E-state index in [1.807, 2.05) is 6.07 Å². The number of aliphatic hydroxyl groups is 1. The Morgan fingerprint density at radius 2 is 2.07 bits per heavy atom. The number of hydrogen-bond acceptors (Lipinski definition) is 6. The Kier molecular flexibility index (Phi) is 5.44. The molecule has 0 aliphatic carbocycles. The molecule has 144 valence electrons. The van der Waals surface area contributed by atoms with Crippen LogP contribution in [-0.2, 0) is 16.1 Å². The number of amides is 1. The van der Waals surface area contributed by atoms with Gasteiger partial charge in [0.15, 0.2) is 5.70 Å². The lowest BCUT2D eigenvalue weighted by atomic mass is 9.97. The highest BCUT2D eigenvalue weighted by Crippen LogP contribution is 2.39. The number of aliphatic hydroxyl groups excluding tert-OH is 1. The predicted octanol–water partition coefficient (Wildman–Crippen LogP) is 0.886. The number of carbonyl (C=O) groups excluding carboxylic acids is 1. The van der Waals surface area contributed by atoms with Gasteiger partial charge >= 0.3 is 5.97 Å². The zero-order valence-corrected chi connectivity index (χ0v) is 15.1. The Balaban J connectivity index is 1.95. The van der Waals surface area contributed by atoms with Crippen LogP contribution >= 0.6 is 11.6 Å². The summed E-state index contributed by atoms with van der Waals surface area (Å²) in [5, 5.41) is 31.1. The minimum Gasteiger partial charge on any atom is -0.480 e. The highest BCUT2D eigenvalue weighted by Gasteiger charge is 2.40. The lowest BCUT2D eigenvalue weighted by molar-refractivity contribution is -0.137. The summed E-state index contributed by atoms with van der Waals surface area (Å²) < 4.78 is 13.1. The highest BCUT2D eigenvalue weighted by molar-refractivity contribution is 6.42. The van der Waals surface area contributed by atoms with Crippen molar-refractivity contribution < 1.29 is 24.2 Å². The molecule has 0 bridgehead atoms. The molecule has 2 aliphatic rings. The maximum atomic E-state index is 13.1. The number of halogens is 2. The Labute approximate surface area is 163 Å². The molecule has 2 heterocycles. The third-order valence-corrected chi connectivity index (χ3v) is 4.53. The fourth-order valence-electron chi connectivity index (χ4n) is 3.00. The monoisotopic (exact) mass is 404 g/mol. The van der Waals surface area contributed by atoms with Gasteiger partial charge in [-0.05, 0) is 17.7 Å². The topological polar surface area (TPSA) is 126 Å². The maximum Gasteiger partial charge on any atom is 0.322 e. The molecule has 28 heavy (non-hydrogen) atoms. The Bertz CT molecular complexity index is 978. The quantitative estimate of drug-likeness (QED) is 0.669. The van der Waals surface area contributed by atoms with E-state index in [9.17, 15) is 24.3 Å². The average molecular weight is 405 g/mol. The number of carbonyl (C=O) groups is 2. The molecule has 0 saturated carbocycles. The van der Waals surface area contributed by atoms with E-state index in [1.165, 1.54) is 12.1 Å². The van der Waals surface area contributed by atoms with Crippen LogP contribution in [0.5, 0.6) is 0 Å². The summed E-state index contributed by atoms with van der Waals surface area (Å²) in [5.74, 6) is -2.55. The number of carboxylic acids is 1. The van der Waals surface area contributed by atoms with Crippen LogP contribution in [0.1, 0.15) is 5.56 Å². The molecule has 1 aromatic carbocycles. The summed E-state index contributed by atoms with van der Waals surface area (Å²) in [5.41, 5.74) is 0.687. The number of aliphatic imine (C=N–C) groups is 1. The second-order valence-electron chi connectivity index (χ2n) is 6.09. The number of nitriles is 1. The Morgan fingerprint density at radius 1 is 1.39 bits per heavy atom. The molecule has 3 rings (SSSR count). The Morgan fingerprint density at radius 3 is 2.68 bits per heavy atom. The summed E-state index contributed by atoms with van der Waals surface area (Å²) in [7, 11) is 0. The molecular formula is C18H14ClFN4O4. The van der Waals surface area contributed by atoms with Gasteiger partial charge in [-0.3, -0.25) is 9.59 Å². The van der Waals surface area contributed by atoms with Crippen LogP contribution in [0.4, 0.5) is 4.39 Å². The van der Waals surface area contributed by atoms with Crippen molar-refractivity contribution in [2.24, 2.45) is 4.99 Å². The van der Waals surface area contributed by atoms with Crippen molar-refractivity contribution in [3.05, 3.63) is 57.6 Å². The summed E-state index contributed by atoms with van der Waals surface area (Å²) in [4.78, 5) is 28.4. The van der Waals surface area contributed by atoms with Crippen molar-refractivity contribution in [1.29, 1.82) is 5.26 Å². The van der Waals surface area contributed by atoms with Crippen molar-refractivity contribution >= 4 is 29.2 Å². The molecule has 0 fully saturated rings. The smallest absolute Gasteiger partial charge is 0.322 e. The second-order valence-corrected chi connectivity index (χ2v) is 6.54. The van der Waals surface area contributed by atoms with Crippen molar-refractivity contribution in [3.8, 4) is 6.07 Å². The summed E-state index contributed by atoms with van der Waals surface area (Å²) in [6.45, 7) is -0.207. The molecule has 1 unspecified atom stereocenters. The van der Waals surface area contributed by atoms with E-state index in [1.54, 1.807) is 17.0 Å². The molecule has 3 N–H and O–H groups in total. The van der Waals surface area contributed by atoms with Gasteiger partial charge in [0, 0.05) is 17.2 Å². The lowest BCUT2D eigenvalue weighted by Gasteiger charge is -2.27. The van der Waals surface area contributed by atoms with E-state index in [2.05, 4.69) is 10.3 Å². The summed E-state index contributed by atoms with van der Waals surface area (Å²) in [6.07, 6.45) is -1.51. The zero-order chi connectivity index (χ0) is 20.4. The number of hydrogen-bond donors (Lipinski definition) is 3. The molecule has 0 aromatic heterocycles. The fourth-order valence-corrected chi connectivity index (χ4v) is 3.34. The van der Waals surface area contributed by atoms with Crippen LogP contribution < -0.4 is 5.32 Å². The molecule has 1 aromatic rings. The molecule has 10 heteroatoms. The molecule has 1 amide bonds. The van der Waals surface area contributed by atoms with Crippen molar-refractivity contribution in [2.75, 3.05) is 13.1 Å². The van der Waals surface area contributed by atoms with E-state index in [-0.39, 0.29) is 35.2 Å². The van der Waals surface area contributed by atoms with Gasteiger partial charge in [0.2, 0.25) is 0 Å². The van der Waals surface area contributed by atoms with Gasteiger partial charge in [-0.1, -0.05) is 23.7 Å². The molecule has 2 aliphatic heterocycles. The first-order valence-corrected chi connectivity index (χ1v) is 8.49. The highest BCUT2D eigenvalue weighted by atomic mass is 35.5. The first kappa shape index (κ1) is 19.5. The molecule has 0 saturated heterocycles. The SMILES string of the molecule is N#CC1=C2C(=C(Cl)CN2Cc2ccc(F)cc2)C(O)C(C(=O)NCC(=O)O)=N1. The van der Waals surface area contributed by atoms with Gasteiger partial charge in [-0.2, -0.15) is 5.26 Å². The van der Waals surface area contributed by atoms with Crippen LogP contribution in [0.3, 0.4) is 0 Å². The van der Waals surface area contributed by atoms with Gasteiger partial charge < -0.3 is 20.4 Å². The number of benzene rings is 1. The number of nitrogens with zero attached hydrogens (tertiary/aromatic N) is 3. The van der Waals surface area contributed by atoms with Gasteiger partial charge in [-0.15, -0.1) is 0 Å². The molecule has 8 nitrogen and oxygen atoms in total. The van der Waals surface area contributed by atoms with Crippen molar-refractivity contribution in [3.63, 3.8) is 0 Å². The van der Waals surface area contributed by atoms with E-state index in [0.717, 1.165) is 5.56 Å². The minimum atomic E-state index is -1.51. The Hall–Kier alpha value is -3.22. The largest absolute Gasteiger partial charge is 0.480 e. The first-order chi connectivity index (χ1) is 13.3. The van der Waals surface area contributed by atoms with Crippen LogP contribution in [-0.4, -0.2) is 51.9 Å². The van der Waals surface area contributed by atoms with Crippen LogP contribution in [0.25, 0.3) is 0 Å². The van der Waals surface area contributed by atoms with E-state index >= 15 is 0 Å². The van der Waals surface area contributed by atoms with Gasteiger partial charge in [0.25, 0.3) is 5.91 Å². The van der Waals surface area contributed by atoms with Crippen LogP contribution in [0.2, 0.25) is 0 Å². The van der Waals surface area contributed by atoms with E-state index < -0.39 is 30.2 Å². The summed E-state index contributed by atoms with van der Waals surface area (Å²) in [6, 6.07) is 7.66. The average Bonchev–Trinajstić information content (AvgIpc) is 2.99. The predicted molar refractivity (Wildman–Crippen MR) is 96.4 cm³/mol. The number of nitrogens with one attached hydrogen (secondary N) is 1.